The molecule has 0 amide bonds. The van der Waals surface area contributed by atoms with Crippen LogP contribution >= 0.6 is 27.5 Å². The molecule has 5 heteroatoms. The highest BCUT2D eigenvalue weighted by molar-refractivity contribution is 9.10. The number of halogens is 3. The fourth-order valence-corrected chi connectivity index (χ4v) is 2.33. The summed E-state index contributed by atoms with van der Waals surface area (Å²) >= 11 is 9.24. The van der Waals surface area contributed by atoms with E-state index in [1.165, 1.54) is 12.3 Å². The molecule has 17 heavy (non-hydrogen) atoms. The van der Waals surface area contributed by atoms with Crippen LogP contribution in [0.1, 0.15) is 17.2 Å². The van der Waals surface area contributed by atoms with Gasteiger partial charge in [-0.15, -0.1) is 0 Å². The largest absolute Gasteiger partial charge is 0.453 e. The van der Waals surface area contributed by atoms with Crippen molar-refractivity contribution < 1.29 is 8.81 Å². The van der Waals surface area contributed by atoms with Crippen molar-refractivity contribution in [1.29, 1.82) is 0 Å². The molecule has 0 aliphatic carbocycles. The molecule has 1 aromatic carbocycles. The van der Waals surface area contributed by atoms with Gasteiger partial charge >= 0.3 is 0 Å². The molecule has 0 saturated heterocycles. The van der Waals surface area contributed by atoms with Gasteiger partial charge in [0.1, 0.15) is 5.82 Å². The first-order valence-electron chi connectivity index (χ1n) is 4.98. The summed E-state index contributed by atoms with van der Waals surface area (Å²) in [5, 5.41) is 3.29. The van der Waals surface area contributed by atoms with Crippen LogP contribution in [0, 0.1) is 5.82 Å². The number of nitrogens with one attached hydrogen (secondary N) is 1. The SMILES string of the molecule is CNC(c1cc(Br)ccc1F)c1ccoc1Cl. The van der Waals surface area contributed by atoms with E-state index in [-0.39, 0.29) is 17.1 Å². The second-order valence-corrected chi connectivity index (χ2v) is 4.80. The third-order valence-corrected chi connectivity index (χ3v) is 3.32. The van der Waals surface area contributed by atoms with Crippen molar-refractivity contribution >= 4 is 27.5 Å². The Bertz CT molecular complexity index is 529. The Kier molecular flexibility index (Phi) is 3.86. The zero-order valence-corrected chi connectivity index (χ0v) is 11.3. The van der Waals surface area contributed by atoms with Crippen molar-refractivity contribution in [2.24, 2.45) is 0 Å². The molecule has 2 rings (SSSR count). The summed E-state index contributed by atoms with van der Waals surface area (Å²) in [5.41, 5.74) is 1.23. The molecule has 1 heterocycles. The van der Waals surface area contributed by atoms with Gasteiger partial charge in [0.2, 0.25) is 0 Å². The summed E-state index contributed by atoms with van der Waals surface area (Å²) in [6.07, 6.45) is 1.48. The van der Waals surface area contributed by atoms with E-state index in [0.29, 0.717) is 11.1 Å². The molecule has 1 unspecified atom stereocenters. The Hall–Kier alpha value is -0.840. The Morgan fingerprint density at radius 1 is 1.35 bits per heavy atom. The molecule has 0 saturated carbocycles. The molecule has 2 aromatic rings. The molecule has 1 aromatic heterocycles. The molecule has 1 atom stereocenters. The molecule has 0 spiro atoms. The van der Waals surface area contributed by atoms with E-state index in [9.17, 15) is 4.39 Å². The van der Waals surface area contributed by atoms with E-state index in [2.05, 4.69) is 21.2 Å². The van der Waals surface area contributed by atoms with Crippen molar-refractivity contribution in [2.45, 2.75) is 6.04 Å². The Morgan fingerprint density at radius 2 is 2.12 bits per heavy atom. The van der Waals surface area contributed by atoms with E-state index in [4.69, 9.17) is 16.0 Å². The van der Waals surface area contributed by atoms with E-state index < -0.39 is 0 Å². The van der Waals surface area contributed by atoms with Gasteiger partial charge in [0, 0.05) is 15.6 Å². The van der Waals surface area contributed by atoms with Gasteiger partial charge in [0.25, 0.3) is 0 Å². The second-order valence-electron chi connectivity index (χ2n) is 3.54. The minimum atomic E-state index is -0.334. The van der Waals surface area contributed by atoms with E-state index in [0.717, 1.165) is 4.47 Å². The normalized spacial score (nSPS) is 12.7. The van der Waals surface area contributed by atoms with E-state index in [1.54, 1.807) is 25.2 Å². The summed E-state index contributed by atoms with van der Waals surface area (Å²) in [6, 6.07) is 6.18. The maximum Gasteiger partial charge on any atom is 0.198 e. The molecular formula is C12H10BrClFNO. The minimum Gasteiger partial charge on any atom is -0.453 e. The van der Waals surface area contributed by atoms with Gasteiger partial charge in [-0.2, -0.15) is 0 Å². The lowest BCUT2D eigenvalue weighted by molar-refractivity contribution is 0.550. The van der Waals surface area contributed by atoms with Crippen molar-refractivity contribution in [1.82, 2.24) is 5.32 Å². The average Bonchev–Trinajstić information content (AvgIpc) is 2.71. The quantitative estimate of drug-likeness (QED) is 0.920. The van der Waals surface area contributed by atoms with Crippen LogP contribution in [0.2, 0.25) is 5.22 Å². The maximum atomic E-state index is 13.8. The lowest BCUT2D eigenvalue weighted by atomic mass is 10.0. The fraction of sp³-hybridized carbons (Fsp3) is 0.167. The maximum absolute atomic E-state index is 13.8. The molecule has 0 aliphatic heterocycles. The first-order valence-corrected chi connectivity index (χ1v) is 6.15. The molecular weight excluding hydrogens is 308 g/mol. The molecule has 90 valence electrons. The third-order valence-electron chi connectivity index (χ3n) is 2.51. The Balaban J connectivity index is 2.49. The molecule has 0 bridgehead atoms. The average molecular weight is 319 g/mol. The third kappa shape index (κ3) is 2.54. The van der Waals surface area contributed by atoms with Crippen molar-refractivity contribution in [2.75, 3.05) is 7.05 Å². The van der Waals surface area contributed by atoms with Crippen molar-refractivity contribution in [3.8, 4) is 0 Å². The van der Waals surface area contributed by atoms with Gasteiger partial charge in [-0.3, -0.25) is 0 Å². The topological polar surface area (TPSA) is 25.2 Å². The predicted molar refractivity (Wildman–Crippen MR) is 68.7 cm³/mol. The van der Waals surface area contributed by atoms with Crippen LogP contribution in [0.3, 0.4) is 0 Å². The Morgan fingerprint density at radius 3 is 2.71 bits per heavy atom. The van der Waals surface area contributed by atoms with Crippen molar-refractivity contribution in [3.05, 3.63) is 57.2 Å². The highest BCUT2D eigenvalue weighted by Gasteiger charge is 2.20. The van der Waals surface area contributed by atoms with Gasteiger partial charge in [0.05, 0.1) is 12.3 Å². The predicted octanol–water partition coefficient (Wildman–Crippen LogP) is 4.14. The van der Waals surface area contributed by atoms with Crippen LogP contribution in [0.25, 0.3) is 0 Å². The van der Waals surface area contributed by atoms with Crippen LogP contribution in [-0.4, -0.2) is 7.05 Å². The molecule has 0 radical (unpaired) electrons. The van der Waals surface area contributed by atoms with Crippen LogP contribution in [0.4, 0.5) is 4.39 Å². The van der Waals surface area contributed by atoms with Crippen molar-refractivity contribution in [3.63, 3.8) is 0 Å². The minimum absolute atomic E-state index is 0.267. The highest BCUT2D eigenvalue weighted by atomic mass is 79.9. The zero-order valence-electron chi connectivity index (χ0n) is 9.01. The number of hydrogen-bond acceptors (Lipinski definition) is 2. The van der Waals surface area contributed by atoms with Gasteiger partial charge in [-0.05, 0) is 42.9 Å². The van der Waals surface area contributed by atoms with Crippen LogP contribution < -0.4 is 5.32 Å². The van der Waals surface area contributed by atoms with E-state index in [1.807, 2.05) is 0 Å². The van der Waals surface area contributed by atoms with E-state index >= 15 is 0 Å². The van der Waals surface area contributed by atoms with Gasteiger partial charge in [0.15, 0.2) is 5.22 Å². The van der Waals surface area contributed by atoms with Gasteiger partial charge in [-0.1, -0.05) is 15.9 Å². The van der Waals surface area contributed by atoms with Crippen LogP contribution in [0.15, 0.2) is 39.4 Å². The monoisotopic (exact) mass is 317 g/mol. The lowest BCUT2D eigenvalue weighted by Gasteiger charge is -2.16. The standard InChI is InChI=1S/C12H10BrClFNO/c1-16-11(8-4-5-17-12(8)14)9-6-7(13)2-3-10(9)15/h2-6,11,16H,1H3. The number of benzene rings is 1. The molecule has 1 N–H and O–H groups in total. The summed E-state index contributed by atoms with van der Waals surface area (Å²) in [7, 11) is 1.74. The smallest absolute Gasteiger partial charge is 0.198 e. The first kappa shape index (κ1) is 12.6. The summed E-state index contributed by atoms with van der Waals surface area (Å²) < 4.78 is 19.6. The molecule has 2 nitrogen and oxygen atoms in total. The molecule has 0 aliphatic rings. The highest BCUT2D eigenvalue weighted by Crippen LogP contribution is 2.31. The lowest BCUT2D eigenvalue weighted by Crippen LogP contribution is -2.18. The zero-order chi connectivity index (χ0) is 12.4. The summed E-state index contributed by atoms with van der Waals surface area (Å²) in [4.78, 5) is 0. The number of hydrogen-bond donors (Lipinski definition) is 1. The number of rotatable bonds is 3. The van der Waals surface area contributed by atoms with Crippen LogP contribution in [0.5, 0.6) is 0 Å². The molecule has 0 fully saturated rings. The fourth-order valence-electron chi connectivity index (χ4n) is 1.72. The summed E-state index contributed by atoms with van der Waals surface area (Å²) in [6.45, 7) is 0. The second kappa shape index (κ2) is 5.21. The van der Waals surface area contributed by atoms with Gasteiger partial charge < -0.3 is 9.73 Å². The van der Waals surface area contributed by atoms with Crippen LogP contribution in [-0.2, 0) is 0 Å². The Labute approximate surface area is 112 Å². The first-order chi connectivity index (χ1) is 8.13. The summed E-state index contributed by atoms with van der Waals surface area (Å²) in [5.74, 6) is -0.287. The van der Waals surface area contributed by atoms with Gasteiger partial charge in [-0.25, -0.2) is 4.39 Å². The number of furan rings is 1.